The molecular formula is C15H20O. The van der Waals surface area contributed by atoms with Gasteiger partial charge in [-0.2, -0.15) is 0 Å². The van der Waals surface area contributed by atoms with E-state index < -0.39 is 0 Å². The molecule has 0 saturated heterocycles. The summed E-state index contributed by atoms with van der Waals surface area (Å²) in [5.41, 5.74) is 7.07. The van der Waals surface area contributed by atoms with Crippen molar-refractivity contribution >= 4 is 0 Å². The summed E-state index contributed by atoms with van der Waals surface area (Å²) in [4.78, 5) is 0. The second kappa shape index (κ2) is 4.84. The monoisotopic (exact) mass is 216 g/mol. The van der Waals surface area contributed by atoms with Crippen LogP contribution in [0, 0.1) is 20.8 Å². The lowest BCUT2D eigenvalue weighted by Gasteiger charge is -2.17. The molecule has 1 heterocycles. The Morgan fingerprint density at radius 1 is 1.12 bits per heavy atom. The van der Waals surface area contributed by atoms with E-state index in [0.29, 0.717) is 0 Å². The highest BCUT2D eigenvalue weighted by atomic mass is 16.5. The van der Waals surface area contributed by atoms with Crippen LogP contribution in [-0.4, -0.2) is 13.2 Å². The largest absolute Gasteiger partial charge is 0.377 e. The van der Waals surface area contributed by atoms with Crippen molar-refractivity contribution in [1.29, 1.82) is 0 Å². The van der Waals surface area contributed by atoms with E-state index in [1.165, 1.54) is 27.8 Å². The van der Waals surface area contributed by atoms with Gasteiger partial charge >= 0.3 is 0 Å². The predicted octanol–water partition coefficient (Wildman–Crippen LogP) is 3.50. The van der Waals surface area contributed by atoms with E-state index in [4.69, 9.17) is 4.74 Å². The zero-order valence-electron chi connectivity index (χ0n) is 10.5. The van der Waals surface area contributed by atoms with E-state index in [1.807, 2.05) is 0 Å². The Kier molecular flexibility index (Phi) is 3.45. The Hall–Kier alpha value is -1.08. The lowest BCUT2D eigenvalue weighted by Crippen LogP contribution is -2.09. The fourth-order valence-electron chi connectivity index (χ4n) is 2.45. The highest BCUT2D eigenvalue weighted by molar-refractivity contribution is 5.40. The summed E-state index contributed by atoms with van der Waals surface area (Å²) in [7, 11) is 0. The lowest BCUT2D eigenvalue weighted by molar-refractivity contribution is 0.149. The molecule has 1 aromatic carbocycles. The van der Waals surface area contributed by atoms with E-state index in [1.54, 1.807) is 0 Å². The summed E-state index contributed by atoms with van der Waals surface area (Å²) in [6.45, 7) is 8.27. The van der Waals surface area contributed by atoms with Gasteiger partial charge in [-0.15, -0.1) is 0 Å². The van der Waals surface area contributed by atoms with Crippen LogP contribution in [0.2, 0.25) is 0 Å². The number of hydrogen-bond donors (Lipinski definition) is 0. The van der Waals surface area contributed by atoms with Crippen LogP contribution in [0.25, 0.3) is 0 Å². The van der Waals surface area contributed by atoms with Gasteiger partial charge in [0.2, 0.25) is 0 Å². The van der Waals surface area contributed by atoms with Gasteiger partial charge in [0.15, 0.2) is 0 Å². The zero-order chi connectivity index (χ0) is 11.5. The molecule has 1 heteroatoms. The molecule has 16 heavy (non-hydrogen) atoms. The summed E-state index contributed by atoms with van der Waals surface area (Å²) in [5, 5.41) is 0. The molecule has 0 atom stereocenters. The molecule has 0 fully saturated rings. The van der Waals surface area contributed by atoms with E-state index in [2.05, 4.69) is 39.0 Å². The molecule has 1 nitrogen and oxygen atoms in total. The smallest absolute Gasteiger partial charge is 0.0680 e. The molecule has 0 bridgehead atoms. The third-order valence-electron chi connectivity index (χ3n) is 3.23. The number of aryl methyl sites for hydroxylation is 3. The molecule has 1 aliphatic rings. The van der Waals surface area contributed by atoms with Crippen LogP contribution in [0.1, 0.15) is 28.7 Å². The molecule has 0 saturated carbocycles. The molecule has 0 amide bonds. The Morgan fingerprint density at radius 2 is 1.81 bits per heavy atom. The van der Waals surface area contributed by atoms with Gasteiger partial charge in [0, 0.05) is 0 Å². The molecule has 2 rings (SSSR count). The van der Waals surface area contributed by atoms with E-state index >= 15 is 0 Å². The fraction of sp³-hybridized carbons (Fsp3) is 0.467. The molecule has 0 aliphatic carbocycles. The third kappa shape index (κ3) is 2.53. The van der Waals surface area contributed by atoms with Gasteiger partial charge in [0.05, 0.1) is 13.2 Å². The molecule has 0 radical (unpaired) electrons. The normalized spacial score (nSPS) is 16.1. The SMILES string of the molecule is Cc1cc(C)c(CC2=CCCOC2)c(C)c1. The summed E-state index contributed by atoms with van der Waals surface area (Å²) >= 11 is 0. The van der Waals surface area contributed by atoms with Gasteiger partial charge < -0.3 is 4.74 Å². The maximum atomic E-state index is 5.49. The lowest BCUT2D eigenvalue weighted by atomic mass is 9.94. The second-order valence-electron chi connectivity index (χ2n) is 4.76. The summed E-state index contributed by atoms with van der Waals surface area (Å²) in [5.74, 6) is 0. The molecular weight excluding hydrogens is 196 g/mol. The Morgan fingerprint density at radius 3 is 2.38 bits per heavy atom. The second-order valence-corrected chi connectivity index (χ2v) is 4.76. The molecule has 0 N–H and O–H groups in total. The third-order valence-corrected chi connectivity index (χ3v) is 3.23. The molecule has 0 spiro atoms. The van der Waals surface area contributed by atoms with Crippen molar-refractivity contribution in [3.05, 3.63) is 46.0 Å². The van der Waals surface area contributed by atoms with Gasteiger partial charge in [0.25, 0.3) is 0 Å². The quantitative estimate of drug-likeness (QED) is 0.687. The maximum absolute atomic E-state index is 5.49. The van der Waals surface area contributed by atoms with E-state index in [9.17, 15) is 0 Å². The van der Waals surface area contributed by atoms with Crippen molar-refractivity contribution in [2.24, 2.45) is 0 Å². The molecule has 1 aliphatic heterocycles. The number of hydrogen-bond acceptors (Lipinski definition) is 1. The highest BCUT2D eigenvalue weighted by Gasteiger charge is 2.09. The minimum Gasteiger partial charge on any atom is -0.377 e. The maximum Gasteiger partial charge on any atom is 0.0680 e. The van der Waals surface area contributed by atoms with Crippen molar-refractivity contribution in [1.82, 2.24) is 0 Å². The number of benzene rings is 1. The van der Waals surface area contributed by atoms with Crippen molar-refractivity contribution in [2.45, 2.75) is 33.6 Å². The van der Waals surface area contributed by atoms with Crippen LogP contribution in [0.3, 0.4) is 0 Å². The first kappa shape index (κ1) is 11.4. The topological polar surface area (TPSA) is 9.23 Å². The Labute approximate surface area is 98.1 Å². The minimum absolute atomic E-state index is 0.812. The first-order valence-corrected chi connectivity index (χ1v) is 5.99. The standard InChI is InChI=1S/C15H20O/c1-11-7-12(2)15(13(3)8-11)9-14-5-4-6-16-10-14/h5,7-8H,4,6,9-10H2,1-3H3. The Bertz CT molecular complexity index is 392. The predicted molar refractivity (Wildman–Crippen MR) is 67.9 cm³/mol. The molecule has 1 aromatic rings. The van der Waals surface area contributed by atoms with Crippen molar-refractivity contribution in [3.8, 4) is 0 Å². The van der Waals surface area contributed by atoms with Crippen LogP contribution < -0.4 is 0 Å². The summed E-state index contributed by atoms with van der Waals surface area (Å²) < 4.78 is 5.49. The molecule has 0 unspecified atom stereocenters. The highest BCUT2D eigenvalue weighted by Crippen LogP contribution is 2.21. The van der Waals surface area contributed by atoms with Crippen molar-refractivity contribution in [2.75, 3.05) is 13.2 Å². The molecule has 86 valence electrons. The van der Waals surface area contributed by atoms with Gasteiger partial charge in [-0.3, -0.25) is 0 Å². The van der Waals surface area contributed by atoms with Gasteiger partial charge in [0.1, 0.15) is 0 Å². The van der Waals surface area contributed by atoms with Crippen molar-refractivity contribution in [3.63, 3.8) is 0 Å². The fourth-order valence-corrected chi connectivity index (χ4v) is 2.45. The average molecular weight is 216 g/mol. The van der Waals surface area contributed by atoms with Crippen LogP contribution in [0.5, 0.6) is 0 Å². The van der Waals surface area contributed by atoms with Gasteiger partial charge in [-0.25, -0.2) is 0 Å². The van der Waals surface area contributed by atoms with Gasteiger partial charge in [-0.1, -0.05) is 23.8 Å². The van der Waals surface area contributed by atoms with Crippen LogP contribution in [0.4, 0.5) is 0 Å². The summed E-state index contributed by atoms with van der Waals surface area (Å²) in [6.07, 6.45) is 4.46. The van der Waals surface area contributed by atoms with Crippen molar-refractivity contribution < 1.29 is 4.74 Å². The van der Waals surface area contributed by atoms with Crippen LogP contribution in [-0.2, 0) is 11.2 Å². The average Bonchev–Trinajstić information content (AvgIpc) is 2.25. The number of ether oxygens (including phenoxy) is 1. The summed E-state index contributed by atoms with van der Waals surface area (Å²) in [6, 6.07) is 4.54. The zero-order valence-corrected chi connectivity index (χ0v) is 10.5. The Balaban J connectivity index is 2.24. The van der Waals surface area contributed by atoms with Gasteiger partial charge in [-0.05, 0) is 55.9 Å². The number of rotatable bonds is 2. The molecule has 0 aromatic heterocycles. The van der Waals surface area contributed by atoms with Crippen LogP contribution in [0.15, 0.2) is 23.8 Å². The first-order valence-electron chi connectivity index (χ1n) is 5.99. The van der Waals surface area contributed by atoms with Crippen LogP contribution >= 0.6 is 0 Å². The van der Waals surface area contributed by atoms with E-state index in [0.717, 1.165) is 26.1 Å². The first-order chi connectivity index (χ1) is 7.66. The minimum atomic E-state index is 0.812. The van der Waals surface area contributed by atoms with E-state index in [-0.39, 0.29) is 0 Å².